The van der Waals surface area contributed by atoms with E-state index in [0.717, 1.165) is 0 Å². The van der Waals surface area contributed by atoms with Crippen molar-refractivity contribution in [1.29, 1.82) is 0 Å². The molecule has 41 valence electrons. The molecule has 0 N–H and O–H groups in total. The molecular weight excluding hydrogens is 94.1 g/mol. The lowest BCUT2D eigenvalue weighted by atomic mass is 11.0. The summed E-state index contributed by atoms with van der Waals surface area (Å²) in [6.45, 7) is 3.30. The summed E-state index contributed by atoms with van der Waals surface area (Å²) in [6, 6.07) is 0. The van der Waals surface area contributed by atoms with Gasteiger partial charge in [-0.25, -0.2) is 5.11 Å². The Labute approximate surface area is 42.4 Å². The molecule has 0 saturated carbocycles. The molecule has 4 nitrogen and oxygen atoms in total. The van der Waals surface area contributed by atoms with E-state index in [1.807, 2.05) is 13.8 Å². The highest BCUT2D eigenvalue weighted by Crippen LogP contribution is 1.58. The summed E-state index contributed by atoms with van der Waals surface area (Å²) in [5.41, 5.74) is 7.32. The predicted octanol–water partition coefficient (Wildman–Crippen LogP) is 1.71. The molecule has 0 fully saturated rings. The first-order valence-electron chi connectivity index (χ1n) is 2.00. The van der Waals surface area contributed by atoms with Crippen LogP contribution < -0.4 is 0 Å². The highest BCUT2D eigenvalue weighted by Gasteiger charge is 1.55. The van der Waals surface area contributed by atoms with Gasteiger partial charge in [-0.15, -0.1) is 0 Å². The molecule has 0 unspecified atom stereocenters. The predicted molar refractivity (Wildman–Crippen MR) is 26.0 cm³/mol. The Morgan fingerprint density at radius 1 is 1.71 bits per heavy atom. The zero-order valence-electron chi connectivity index (χ0n) is 4.46. The van der Waals surface area contributed by atoms with Gasteiger partial charge in [0.15, 0.2) is 6.73 Å². The topological polar surface area (TPSA) is 68.7 Å². The van der Waals surface area contributed by atoms with Crippen molar-refractivity contribution in [2.24, 2.45) is 5.11 Å². The largest absolute Gasteiger partial charge is 0.230 e. The van der Waals surface area contributed by atoms with Crippen molar-refractivity contribution in [3.05, 3.63) is 10.4 Å². The number of nitrogens with zero attached hydrogens (tertiary/aromatic N) is 3. The van der Waals surface area contributed by atoms with Gasteiger partial charge in [0.25, 0.3) is 0 Å². The van der Waals surface area contributed by atoms with Crippen LogP contribution in [0.15, 0.2) is 5.11 Å². The lowest BCUT2D eigenvalue weighted by Gasteiger charge is -1.54. The summed E-state index contributed by atoms with van der Waals surface area (Å²) < 4.78 is 0. The van der Waals surface area contributed by atoms with Crippen molar-refractivity contribution in [2.75, 3.05) is 6.73 Å². The van der Waals surface area contributed by atoms with Crippen molar-refractivity contribution < 1.29 is 5.11 Å². The Kier molecular flexibility index (Phi) is 25.4. The van der Waals surface area contributed by atoms with Gasteiger partial charge in [0.2, 0.25) is 0 Å². The lowest BCUT2D eigenvalue weighted by molar-refractivity contribution is 0.203. The minimum atomic E-state index is -0.698. The van der Waals surface area contributed by atoms with Gasteiger partial charge in [0.05, 0.1) is 0 Å². The van der Waals surface area contributed by atoms with Gasteiger partial charge in [-0.3, -0.25) is 0 Å². The number of hydrogen-bond acceptors (Lipinski definition) is 1. The number of rotatable bonds is 1. The maximum atomic E-state index is 9.11. The molecular formula is C3H8N3O. The first kappa shape index (κ1) is 9.55. The fourth-order valence-electron chi connectivity index (χ4n) is 0.0258. The molecule has 0 aliphatic carbocycles. The maximum Gasteiger partial charge on any atom is 0.161 e. The quantitative estimate of drug-likeness (QED) is 0.275. The molecule has 7 heavy (non-hydrogen) atoms. The Hall–Kier alpha value is -0.730. The molecule has 0 aliphatic heterocycles. The third-order valence-electron chi connectivity index (χ3n) is 0.121. The molecule has 0 amide bonds. The van der Waals surface area contributed by atoms with Gasteiger partial charge in [0.1, 0.15) is 0 Å². The van der Waals surface area contributed by atoms with Crippen LogP contribution >= 0.6 is 0 Å². The lowest BCUT2D eigenvalue weighted by Crippen LogP contribution is -1.58. The molecule has 0 aromatic carbocycles. The summed E-state index contributed by atoms with van der Waals surface area (Å²) in [4.78, 5) is 2.17. The minimum absolute atomic E-state index is 0.698. The second-order valence-electron chi connectivity index (χ2n) is 0.360. The number of azide groups is 1. The van der Waals surface area contributed by atoms with Crippen LogP contribution in [0.4, 0.5) is 0 Å². The van der Waals surface area contributed by atoms with Gasteiger partial charge in [-0.2, -0.15) is 0 Å². The fourth-order valence-corrected chi connectivity index (χ4v) is 0.0258. The van der Waals surface area contributed by atoms with E-state index in [1.54, 1.807) is 0 Å². The van der Waals surface area contributed by atoms with Crippen LogP contribution in [0.1, 0.15) is 13.8 Å². The van der Waals surface area contributed by atoms with Gasteiger partial charge in [-0.1, -0.05) is 19.0 Å². The zero-order valence-corrected chi connectivity index (χ0v) is 4.46. The Bertz CT molecular complexity index is 57.2. The van der Waals surface area contributed by atoms with Crippen molar-refractivity contribution >= 4 is 0 Å². The highest BCUT2D eigenvalue weighted by molar-refractivity contribution is 4.32. The molecule has 0 bridgehead atoms. The molecule has 0 rings (SSSR count). The molecule has 0 spiro atoms. The van der Waals surface area contributed by atoms with Gasteiger partial charge < -0.3 is 0 Å². The number of hydrogen-bond donors (Lipinski definition) is 0. The third kappa shape index (κ3) is 34.9. The highest BCUT2D eigenvalue weighted by atomic mass is 16.3. The zero-order chi connectivity index (χ0) is 6.12. The molecule has 0 saturated heterocycles. The van der Waals surface area contributed by atoms with Crippen LogP contribution in [0.3, 0.4) is 0 Å². The minimum Gasteiger partial charge on any atom is -0.230 e. The van der Waals surface area contributed by atoms with Crippen LogP contribution in [0.25, 0.3) is 10.4 Å². The normalized spacial score (nSPS) is 5.00. The smallest absolute Gasteiger partial charge is 0.161 e. The molecule has 0 heterocycles. The van der Waals surface area contributed by atoms with Crippen LogP contribution in [-0.2, 0) is 5.11 Å². The van der Waals surface area contributed by atoms with E-state index in [4.69, 9.17) is 10.6 Å². The SMILES string of the molecule is CC.[N-]=[N+]=NC[O]. The van der Waals surface area contributed by atoms with Crippen molar-refractivity contribution in [1.82, 2.24) is 0 Å². The monoisotopic (exact) mass is 102 g/mol. The van der Waals surface area contributed by atoms with Crippen LogP contribution in [0, 0.1) is 0 Å². The second-order valence-corrected chi connectivity index (χ2v) is 0.360. The third-order valence-corrected chi connectivity index (χ3v) is 0.121. The molecule has 0 aliphatic rings. The van der Waals surface area contributed by atoms with E-state index >= 15 is 0 Å². The van der Waals surface area contributed by atoms with Gasteiger partial charge in [0, 0.05) is 4.91 Å². The molecule has 1 radical (unpaired) electrons. The summed E-state index contributed by atoms with van der Waals surface area (Å²) >= 11 is 0. The summed E-state index contributed by atoms with van der Waals surface area (Å²) in [6.07, 6.45) is 0. The van der Waals surface area contributed by atoms with Crippen molar-refractivity contribution in [3.63, 3.8) is 0 Å². The van der Waals surface area contributed by atoms with E-state index in [2.05, 4.69) is 10.0 Å². The summed E-state index contributed by atoms with van der Waals surface area (Å²) in [5, 5.41) is 11.7. The molecule has 4 heteroatoms. The second kappa shape index (κ2) is 18.6. The van der Waals surface area contributed by atoms with E-state index in [0.29, 0.717) is 0 Å². The fraction of sp³-hybridized carbons (Fsp3) is 1.00. The first-order chi connectivity index (χ1) is 3.41. The average molecular weight is 102 g/mol. The molecule has 0 aromatic rings. The maximum absolute atomic E-state index is 9.11. The van der Waals surface area contributed by atoms with Gasteiger partial charge in [-0.05, 0) is 5.53 Å². The van der Waals surface area contributed by atoms with E-state index in [-0.39, 0.29) is 0 Å². The first-order valence-corrected chi connectivity index (χ1v) is 2.00. The van der Waals surface area contributed by atoms with Crippen LogP contribution in [0.5, 0.6) is 0 Å². The standard InChI is InChI=1S/C2H6.CH2N3O/c1-2;2-4-3-1-5/h1-2H3;1H2. The molecule has 0 aromatic heterocycles. The molecule has 0 atom stereocenters. The Morgan fingerprint density at radius 3 is 2.14 bits per heavy atom. The van der Waals surface area contributed by atoms with Crippen molar-refractivity contribution in [3.8, 4) is 0 Å². The van der Waals surface area contributed by atoms with E-state index < -0.39 is 6.73 Å². The van der Waals surface area contributed by atoms with Crippen LogP contribution in [-0.4, -0.2) is 6.73 Å². The van der Waals surface area contributed by atoms with E-state index in [1.165, 1.54) is 0 Å². The van der Waals surface area contributed by atoms with Crippen LogP contribution in [0.2, 0.25) is 0 Å². The summed E-state index contributed by atoms with van der Waals surface area (Å²) in [7, 11) is 0. The average Bonchev–Trinajstić information content (AvgIpc) is 1.75. The van der Waals surface area contributed by atoms with Crippen molar-refractivity contribution in [2.45, 2.75) is 13.8 Å². The Morgan fingerprint density at radius 2 is 2.14 bits per heavy atom. The summed E-state index contributed by atoms with van der Waals surface area (Å²) in [5.74, 6) is 0. The van der Waals surface area contributed by atoms with Gasteiger partial charge >= 0.3 is 0 Å². The van der Waals surface area contributed by atoms with E-state index in [9.17, 15) is 0 Å². The Balaban J connectivity index is 0.